The normalized spacial score (nSPS) is 22.1. The number of pyridine rings is 3. The average Bonchev–Trinajstić information content (AvgIpc) is 3.89. The van der Waals surface area contributed by atoms with E-state index in [0.717, 1.165) is 69.8 Å². The summed E-state index contributed by atoms with van der Waals surface area (Å²) in [5, 5.41) is 38.8. The number of carbonyl (C=O) groups excluding carboxylic acids is 2. The van der Waals surface area contributed by atoms with Crippen molar-refractivity contribution in [2.75, 3.05) is 48.7 Å². The number of aromatic nitrogens is 8. The summed E-state index contributed by atoms with van der Waals surface area (Å²) >= 11 is 0. The third kappa shape index (κ3) is 7.58. The van der Waals surface area contributed by atoms with Crippen molar-refractivity contribution in [3.8, 4) is 23.6 Å². The highest BCUT2D eigenvalue weighted by Crippen LogP contribution is 2.37. The van der Waals surface area contributed by atoms with E-state index in [1.54, 1.807) is 40.8 Å². The van der Waals surface area contributed by atoms with Gasteiger partial charge in [0.1, 0.15) is 23.6 Å². The number of piperidine rings is 1. The van der Waals surface area contributed by atoms with Crippen molar-refractivity contribution in [2.45, 2.75) is 76.2 Å². The van der Waals surface area contributed by atoms with Crippen molar-refractivity contribution >= 4 is 40.0 Å². The second kappa shape index (κ2) is 15.6. The van der Waals surface area contributed by atoms with E-state index >= 15 is 0 Å². The molecule has 2 saturated heterocycles. The summed E-state index contributed by atoms with van der Waals surface area (Å²) in [5.74, 6) is 1.08. The molecule has 3 fully saturated rings. The maximum atomic E-state index is 12.6. The SMILES string of the molecule is C[C@H](C#N)Nc1cc(-n2ncc3cc(C#N)c(N)nc32)ncc1-n1cc(C2CCC(CCN3CCN(c4ccc([C@@]5(C)CCC(=O)NC5=O)nc4)CC3)CC2)nn1. The quantitative estimate of drug-likeness (QED) is 0.172. The predicted octanol–water partition coefficient (Wildman–Crippen LogP) is 3.75. The number of nitrogens with two attached hydrogens (primary N) is 1. The first-order valence-corrected chi connectivity index (χ1v) is 19.5. The third-order valence-corrected chi connectivity index (χ3v) is 11.9. The van der Waals surface area contributed by atoms with E-state index in [9.17, 15) is 20.1 Å². The summed E-state index contributed by atoms with van der Waals surface area (Å²) in [5.41, 5.74) is 9.96. The van der Waals surface area contributed by atoms with Crippen LogP contribution in [0.15, 0.2) is 49.1 Å². The van der Waals surface area contributed by atoms with Crippen LogP contribution in [-0.4, -0.2) is 95.2 Å². The number of piperazine rings is 1. The molecular formula is C40H45N15O2. The Morgan fingerprint density at radius 1 is 1.05 bits per heavy atom. The maximum Gasteiger partial charge on any atom is 0.238 e. The molecule has 2 atom stereocenters. The highest BCUT2D eigenvalue weighted by molar-refractivity contribution is 6.03. The summed E-state index contributed by atoms with van der Waals surface area (Å²) in [4.78, 5) is 42.8. The van der Waals surface area contributed by atoms with Crippen molar-refractivity contribution in [2.24, 2.45) is 5.92 Å². The molecule has 57 heavy (non-hydrogen) atoms. The van der Waals surface area contributed by atoms with E-state index in [1.807, 2.05) is 31.5 Å². The van der Waals surface area contributed by atoms with Gasteiger partial charge in [-0.15, -0.1) is 5.10 Å². The Bertz CT molecular complexity index is 2380. The zero-order valence-electron chi connectivity index (χ0n) is 32.1. The van der Waals surface area contributed by atoms with Crippen molar-refractivity contribution in [3.05, 3.63) is 66.0 Å². The van der Waals surface area contributed by atoms with Crippen LogP contribution in [-0.2, 0) is 15.0 Å². The fourth-order valence-electron chi connectivity index (χ4n) is 8.22. The molecule has 0 spiro atoms. The molecule has 2 aliphatic heterocycles. The number of amides is 2. The van der Waals surface area contributed by atoms with Crippen LogP contribution in [0.5, 0.6) is 0 Å². The lowest BCUT2D eigenvalue weighted by molar-refractivity contribution is -0.137. The number of carbonyl (C=O) groups is 2. The topological polar surface area (TPSA) is 225 Å². The first-order chi connectivity index (χ1) is 27.6. The van der Waals surface area contributed by atoms with Gasteiger partial charge in [0.25, 0.3) is 0 Å². The second-order valence-electron chi connectivity index (χ2n) is 15.6. The van der Waals surface area contributed by atoms with Gasteiger partial charge in [0.05, 0.1) is 64.6 Å². The Kier molecular flexibility index (Phi) is 10.2. The van der Waals surface area contributed by atoms with Gasteiger partial charge in [-0.1, -0.05) is 5.21 Å². The maximum absolute atomic E-state index is 12.6. The molecule has 1 aliphatic carbocycles. The number of fused-ring (bicyclic) bond motifs is 1. The molecular weight excluding hydrogens is 723 g/mol. The van der Waals surface area contributed by atoms with Crippen LogP contribution in [0.1, 0.15) is 81.7 Å². The molecule has 17 nitrogen and oxygen atoms in total. The highest BCUT2D eigenvalue weighted by atomic mass is 16.2. The fourth-order valence-corrected chi connectivity index (χ4v) is 8.22. The summed E-state index contributed by atoms with van der Waals surface area (Å²) < 4.78 is 3.26. The Balaban J connectivity index is 0.845. The van der Waals surface area contributed by atoms with Gasteiger partial charge < -0.3 is 16.0 Å². The fraction of sp³-hybridized carbons (Fsp3) is 0.450. The number of nitrogens with one attached hydrogen (secondary N) is 2. The van der Waals surface area contributed by atoms with E-state index in [2.05, 4.69) is 62.9 Å². The molecule has 0 aromatic carbocycles. The smallest absolute Gasteiger partial charge is 0.238 e. The van der Waals surface area contributed by atoms with Gasteiger partial charge in [-0.25, -0.2) is 14.6 Å². The zero-order valence-corrected chi connectivity index (χ0v) is 32.1. The van der Waals surface area contributed by atoms with E-state index in [0.29, 0.717) is 58.6 Å². The lowest BCUT2D eigenvalue weighted by Gasteiger charge is -2.37. The lowest BCUT2D eigenvalue weighted by atomic mass is 9.78. The number of hydrogen-bond acceptors (Lipinski definition) is 14. The third-order valence-electron chi connectivity index (χ3n) is 11.9. The van der Waals surface area contributed by atoms with E-state index in [4.69, 9.17) is 5.73 Å². The van der Waals surface area contributed by atoms with Crippen LogP contribution < -0.4 is 21.3 Å². The monoisotopic (exact) mass is 767 g/mol. The van der Waals surface area contributed by atoms with E-state index in [1.165, 1.54) is 6.42 Å². The molecule has 0 bridgehead atoms. The van der Waals surface area contributed by atoms with Crippen molar-refractivity contribution in [1.29, 1.82) is 10.5 Å². The lowest BCUT2D eigenvalue weighted by Crippen LogP contribution is -2.50. The number of anilines is 3. The number of rotatable bonds is 10. The van der Waals surface area contributed by atoms with Gasteiger partial charge >= 0.3 is 0 Å². The zero-order chi connectivity index (χ0) is 39.7. The summed E-state index contributed by atoms with van der Waals surface area (Å²) in [7, 11) is 0. The summed E-state index contributed by atoms with van der Waals surface area (Å²) in [6.07, 6.45) is 13.5. The molecule has 292 valence electrons. The van der Waals surface area contributed by atoms with E-state index in [-0.39, 0.29) is 23.2 Å². The van der Waals surface area contributed by atoms with Gasteiger partial charge in [0, 0.05) is 50.0 Å². The minimum Gasteiger partial charge on any atom is -0.383 e. The Labute approximate surface area is 329 Å². The second-order valence-corrected chi connectivity index (χ2v) is 15.6. The molecule has 5 aromatic rings. The standard InChI is InChI=1S/C40H45N15O2/c1-25(19-41)47-31-18-35(55-38-29(21-46-55)17-28(20-42)37(43)49-38)45-23-33(31)54-24-32(50-51-54)27-5-3-26(4-6-27)10-12-52-13-15-53(16-14-52)30-7-8-34(44-22-30)40(2)11-9-36(56)48-39(40)57/h7-8,17-18,21-27H,3-6,9-16H2,1-2H3,(H2,43,49)(H,45,47)(H,48,56,57)/t25-,26?,27?,40-/m1/s1. The minimum atomic E-state index is -0.784. The van der Waals surface area contributed by atoms with Gasteiger partial charge in [0.15, 0.2) is 11.5 Å². The van der Waals surface area contributed by atoms with Crippen molar-refractivity contribution in [3.63, 3.8) is 0 Å². The van der Waals surface area contributed by atoms with Crippen LogP contribution in [0.2, 0.25) is 0 Å². The van der Waals surface area contributed by atoms with Crippen LogP contribution in [0.3, 0.4) is 0 Å². The van der Waals surface area contributed by atoms with Crippen LogP contribution in [0, 0.1) is 28.6 Å². The number of nitriles is 2. The first kappa shape index (κ1) is 37.5. The van der Waals surface area contributed by atoms with Gasteiger partial charge in [-0.3, -0.25) is 24.8 Å². The molecule has 0 unspecified atom stereocenters. The van der Waals surface area contributed by atoms with Gasteiger partial charge in [-0.05, 0) is 83.0 Å². The molecule has 4 N–H and O–H groups in total. The van der Waals surface area contributed by atoms with Crippen LogP contribution >= 0.6 is 0 Å². The molecule has 7 heterocycles. The summed E-state index contributed by atoms with van der Waals surface area (Å²) in [6, 6.07) is 11.2. The predicted molar refractivity (Wildman–Crippen MR) is 211 cm³/mol. The van der Waals surface area contributed by atoms with Crippen molar-refractivity contribution < 1.29 is 9.59 Å². The highest BCUT2D eigenvalue weighted by Gasteiger charge is 2.41. The largest absolute Gasteiger partial charge is 0.383 e. The molecule has 8 rings (SSSR count). The Morgan fingerprint density at radius 3 is 2.58 bits per heavy atom. The molecule has 2 amide bonds. The average molecular weight is 768 g/mol. The Hall–Kier alpha value is -6.46. The molecule has 3 aliphatic rings. The van der Waals surface area contributed by atoms with Crippen LogP contribution in [0.25, 0.3) is 22.5 Å². The molecule has 1 saturated carbocycles. The summed E-state index contributed by atoms with van der Waals surface area (Å²) in [6.45, 7) is 8.56. The van der Waals surface area contributed by atoms with E-state index < -0.39 is 11.5 Å². The van der Waals surface area contributed by atoms with Crippen molar-refractivity contribution in [1.82, 2.24) is 49.9 Å². The number of imide groups is 1. The molecule has 17 heteroatoms. The minimum absolute atomic E-state index is 0.112. The number of nitrogen functional groups attached to an aromatic ring is 1. The number of nitrogens with zero attached hydrogens (tertiary/aromatic N) is 12. The molecule has 5 aromatic heterocycles. The van der Waals surface area contributed by atoms with Gasteiger partial charge in [-0.2, -0.15) is 20.3 Å². The number of hydrogen-bond donors (Lipinski definition) is 3. The van der Waals surface area contributed by atoms with Crippen LogP contribution in [0.4, 0.5) is 17.2 Å². The molecule has 0 radical (unpaired) electrons. The van der Waals surface area contributed by atoms with Gasteiger partial charge in [0.2, 0.25) is 11.8 Å². The first-order valence-electron chi connectivity index (χ1n) is 19.5. The Morgan fingerprint density at radius 2 is 1.86 bits per heavy atom.